The van der Waals surface area contributed by atoms with E-state index in [1.54, 1.807) is 0 Å². The number of thioether (sulfide) groups is 2. The first-order chi connectivity index (χ1) is 8.71. The van der Waals surface area contributed by atoms with Crippen LogP contribution in [0.25, 0.3) is 0 Å². The van der Waals surface area contributed by atoms with E-state index in [0.29, 0.717) is 15.1 Å². The molecule has 1 heterocycles. The van der Waals surface area contributed by atoms with Gasteiger partial charge in [-0.2, -0.15) is 0 Å². The molecule has 0 amide bonds. The molecular weight excluding hydrogens is 260 g/mol. The molecule has 0 spiro atoms. The lowest BCUT2D eigenvalue weighted by Crippen LogP contribution is -2.37. The maximum atomic E-state index is 12.1. The summed E-state index contributed by atoms with van der Waals surface area (Å²) in [4.78, 5) is 12.1. The molecule has 1 saturated heterocycles. The zero-order valence-corrected chi connectivity index (χ0v) is 13.4. The summed E-state index contributed by atoms with van der Waals surface area (Å²) in [6, 6.07) is 0. The Morgan fingerprint density at radius 1 is 1.17 bits per heavy atom. The van der Waals surface area contributed by atoms with Crippen LogP contribution in [0.15, 0.2) is 0 Å². The lowest BCUT2D eigenvalue weighted by molar-refractivity contribution is -0.116. The average Bonchev–Trinajstić information content (AvgIpc) is 3.17. The molecular formula is C15H26OS2. The van der Waals surface area contributed by atoms with Crippen molar-refractivity contribution in [1.82, 2.24) is 0 Å². The summed E-state index contributed by atoms with van der Waals surface area (Å²) in [5, 5.41) is 0.347. The molecule has 0 aromatic carbocycles. The zero-order valence-electron chi connectivity index (χ0n) is 11.7. The largest absolute Gasteiger partial charge is 0.298 e. The van der Waals surface area contributed by atoms with Gasteiger partial charge in [0.05, 0.1) is 15.1 Å². The second kappa shape index (κ2) is 6.69. The molecule has 3 heteroatoms. The number of rotatable bonds is 7. The summed E-state index contributed by atoms with van der Waals surface area (Å²) in [6.45, 7) is 4.55. The van der Waals surface area contributed by atoms with Crippen LogP contribution >= 0.6 is 23.5 Å². The first-order valence-corrected chi connectivity index (χ1v) is 9.42. The van der Waals surface area contributed by atoms with Crippen molar-refractivity contribution in [3.8, 4) is 0 Å². The smallest absolute Gasteiger partial charge is 0.156 e. The lowest BCUT2D eigenvalue weighted by atomic mass is 10.1. The Hall–Kier alpha value is 0.370. The van der Waals surface area contributed by atoms with Gasteiger partial charge in [0, 0.05) is 0 Å². The van der Waals surface area contributed by atoms with E-state index in [9.17, 15) is 4.79 Å². The van der Waals surface area contributed by atoms with Crippen LogP contribution in [0.4, 0.5) is 0 Å². The van der Waals surface area contributed by atoms with E-state index in [1.165, 1.54) is 51.4 Å². The number of Topliss-reactive ketones (excluding diaryl/α,β-unsaturated/α-hetero) is 1. The molecule has 2 fully saturated rings. The van der Waals surface area contributed by atoms with Gasteiger partial charge in [-0.15, -0.1) is 23.5 Å². The molecule has 1 saturated carbocycles. The minimum atomic E-state index is 0.347. The minimum absolute atomic E-state index is 0.347. The van der Waals surface area contributed by atoms with Gasteiger partial charge in [-0.05, 0) is 31.6 Å². The highest BCUT2D eigenvalue weighted by Crippen LogP contribution is 2.55. The Bertz CT molecular complexity index is 288. The Balaban J connectivity index is 1.96. The van der Waals surface area contributed by atoms with E-state index in [2.05, 4.69) is 13.8 Å². The van der Waals surface area contributed by atoms with Gasteiger partial charge in [0.1, 0.15) is 0 Å². The molecule has 0 aromatic heterocycles. The van der Waals surface area contributed by atoms with E-state index in [1.807, 2.05) is 23.5 Å². The van der Waals surface area contributed by atoms with Crippen LogP contribution in [0.1, 0.15) is 65.2 Å². The van der Waals surface area contributed by atoms with Gasteiger partial charge in [0.15, 0.2) is 5.78 Å². The fourth-order valence-electron chi connectivity index (χ4n) is 2.79. The molecule has 2 aliphatic rings. The quantitative estimate of drug-likeness (QED) is 0.620. The highest BCUT2D eigenvalue weighted by molar-refractivity contribution is 8.20. The molecule has 1 aliphatic carbocycles. The van der Waals surface area contributed by atoms with Gasteiger partial charge in [-0.1, -0.05) is 39.5 Å². The summed E-state index contributed by atoms with van der Waals surface area (Å²) >= 11 is 4.00. The number of carbonyl (C=O) groups excluding carboxylic acids is 1. The Morgan fingerprint density at radius 2 is 1.94 bits per heavy atom. The number of hydrogen-bond donors (Lipinski definition) is 0. The normalized spacial score (nSPS) is 32.8. The minimum Gasteiger partial charge on any atom is -0.298 e. The second-order valence-corrected chi connectivity index (χ2v) is 8.89. The molecule has 18 heavy (non-hydrogen) atoms. The molecule has 2 atom stereocenters. The van der Waals surface area contributed by atoms with E-state index in [-0.39, 0.29) is 0 Å². The summed E-state index contributed by atoms with van der Waals surface area (Å²) in [5.74, 6) is 2.03. The topological polar surface area (TPSA) is 17.1 Å². The van der Waals surface area contributed by atoms with Crippen molar-refractivity contribution in [2.45, 2.75) is 74.5 Å². The standard InChI is InChI=1S/C15H26OS2/c1-3-5-6-10-15(9-4-2)17-11-13(16)14(18-15)12-7-8-12/h12,14H,3-11H2,1-2H3. The van der Waals surface area contributed by atoms with Gasteiger partial charge in [0.2, 0.25) is 0 Å². The number of hydrogen-bond acceptors (Lipinski definition) is 3. The van der Waals surface area contributed by atoms with Crippen LogP contribution in [-0.4, -0.2) is 20.9 Å². The molecule has 1 nitrogen and oxygen atoms in total. The third-order valence-corrected chi connectivity index (χ3v) is 7.72. The summed E-state index contributed by atoms with van der Waals surface area (Å²) in [5.41, 5.74) is 0. The maximum Gasteiger partial charge on any atom is 0.156 e. The van der Waals surface area contributed by atoms with E-state index in [4.69, 9.17) is 0 Å². The SMILES string of the molecule is CCCCCC1(CCC)SCC(=O)C(C2CC2)S1. The van der Waals surface area contributed by atoms with Crippen LogP contribution in [-0.2, 0) is 4.79 Å². The molecule has 1 aliphatic heterocycles. The fourth-order valence-corrected chi connectivity index (χ4v) is 6.60. The lowest BCUT2D eigenvalue weighted by Gasteiger charge is -2.39. The van der Waals surface area contributed by atoms with Crippen molar-refractivity contribution < 1.29 is 4.79 Å². The highest BCUT2D eigenvalue weighted by atomic mass is 32.2. The van der Waals surface area contributed by atoms with Gasteiger partial charge in [0.25, 0.3) is 0 Å². The van der Waals surface area contributed by atoms with E-state index < -0.39 is 0 Å². The predicted octanol–water partition coefficient (Wildman–Crippen LogP) is 4.89. The number of carbonyl (C=O) groups is 1. The monoisotopic (exact) mass is 286 g/mol. The van der Waals surface area contributed by atoms with Crippen molar-refractivity contribution in [1.29, 1.82) is 0 Å². The van der Waals surface area contributed by atoms with Crippen molar-refractivity contribution in [2.75, 3.05) is 5.75 Å². The molecule has 2 unspecified atom stereocenters. The van der Waals surface area contributed by atoms with Crippen molar-refractivity contribution in [2.24, 2.45) is 5.92 Å². The van der Waals surface area contributed by atoms with Crippen LogP contribution in [0.3, 0.4) is 0 Å². The number of unbranched alkanes of at least 4 members (excludes halogenated alkanes) is 2. The Morgan fingerprint density at radius 3 is 2.56 bits per heavy atom. The third kappa shape index (κ3) is 3.69. The number of ketones is 1. The Kier molecular flexibility index (Phi) is 5.49. The predicted molar refractivity (Wildman–Crippen MR) is 83.3 cm³/mol. The summed E-state index contributed by atoms with van der Waals surface area (Å²) in [7, 11) is 0. The molecule has 0 bridgehead atoms. The Labute approximate surface area is 120 Å². The average molecular weight is 287 g/mol. The molecule has 104 valence electrons. The van der Waals surface area contributed by atoms with E-state index >= 15 is 0 Å². The molecule has 2 rings (SSSR count). The first kappa shape index (κ1) is 14.8. The van der Waals surface area contributed by atoms with Gasteiger partial charge in [-0.25, -0.2) is 0 Å². The van der Waals surface area contributed by atoms with Crippen molar-refractivity contribution in [3.05, 3.63) is 0 Å². The zero-order chi connectivity index (χ0) is 13.0. The van der Waals surface area contributed by atoms with Crippen LogP contribution < -0.4 is 0 Å². The van der Waals surface area contributed by atoms with Crippen molar-refractivity contribution >= 4 is 29.3 Å². The first-order valence-electron chi connectivity index (χ1n) is 7.55. The summed E-state index contributed by atoms with van der Waals surface area (Å²) < 4.78 is 0.366. The maximum absolute atomic E-state index is 12.1. The van der Waals surface area contributed by atoms with Gasteiger partial charge in [-0.3, -0.25) is 4.79 Å². The van der Waals surface area contributed by atoms with E-state index in [0.717, 1.165) is 11.7 Å². The third-order valence-electron chi connectivity index (χ3n) is 3.98. The molecule has 0 radical (unpaired) electrons. The van der Waals surface area contributed by atoms with Gasteiger partial charge >= 0.3 is 0 Å². The highest BCUT2D eigenvalue weighted by Gasteiger charge is 2.46. The van der Waals surface area contributed by atoms with Crippen molar-refractivity contribution in [3.63, 3.8) is 0 Å². The van der Waals surface area contributed by atoms with Gasteiger partial charge < -0.3 is 0 Å². The van der Waals surface area contributed by atoms with Crippen LogP contribution in [0.2, 0.25) is 0 Å². The summed E-state index contributed by atoms with van der Waals surface area (Å²) in [6.07, 6.45) is 10.4. The molecule has 0 N–H and O–H groups in total. The fraction of sp³-hybridized carbons (Fsp3) is 0.933. The van der Waals surface area contributed by atoms with Crippen LogP contribution in [0, 0.1) is 5.92 Å². The molecule has 0 aromatic rings. The van der Waals surface area contributed by atoms with Crippen LogP contribution in [0.5, 0.6) is 0 Å². The second-order valence-electron chi connectivity index (χ2n) is 5.75.